The number of aryl methyl sites for hydroxylation is 4. The number of allylic oxidation sites excluding steroid dienone is 4. The van der Waals surface area contributed by atoms with Crippen molar-refractivity contribution >= 4 is 71.6 Å². The summed E-state index contributed by atoms with van der Waals surface area (Å²) < 4.78 is 0. The summed E-state index contributed by atoms with van der Waals surface area (Å²) in [5.41, 5.74) is 23.5. The van der Waals surface area contributed by atoms with Crippen molar-refractivity contribution in [3.63, 3.8) is 0 Å². The zero-order valence-corrected chi connectivity index (χ0v) is 43.2. The van der Waals surface area contributed by atoms with Crippen molar-refractivity contribution in [3.05, 3.63) is 158 Å². The van der Waals surface area contributed by atoms with Crippen molar-refractivity contribution in [2.45, 2.75) is 107 Å². The molecule has 0 unspecified atom stereocenters. The highest BCUT2D eigenvalue weighted by molar-refractivity contribution is 6.10. The average Bonchev–Trinajstić information content (AvgIpc) is 4.13. The van der Waals surface area contributed by atoms with Gasteiger partial charge in [0, 0.05) is 53.0 Å². The molecule has 0 radical (unpaired) electrons. The van der Waals surface area contributed by atoms with E-state index >= 15 is 0 Å². The summed E-state index contributed by atoms with van der Waals surface area (Å²) in [5, 5.41) is 4.13. The summed E-state index contributed by atoms with van der Waals surface area (Å²) in [6.45, 7) is 18.0. The van der Waals surface area contributed by atoms with E-state index in [4.69, 9.17) is 9.97 Å². The van der Waals surface area contributed by atoms with Crippen molar-refractivity contribution in [3.8, 4) is 47.4 Å². The molecule has 352 valence electrons. The normalized spacial score (nSPS) is 12.0. The van der Waals surface area contributed by atoms with Crippen molar-refractivity contribution in [2.75, 3.05) is 19.0 Å². The van der Waals surface area contributed by atoms with Gasteiger partial charge in [-0.1, -0.05) is 122 Å². The van der Waals surface area contributed by atoms with Gasteiger partial charge in [-0.15, -0.1) is 0 Å². The Balaban J connectivity index is 1.29. The topological polar surface area (TPSA) is 60.6 Å². The molecule has 5 heteroatoms. The van der Waals surface area contributed by atoms with Gasteiger partial charge in [-0.3, -0.25) is 0 Å². The van der Waals surface area contributed by atoms with Crippen LogP contribution in [0.25, 0.3) is 65.9 Å². The summed E-state index contributed by atoms with van der Waals surface area (Å²) in [4.78, 5) is 21.0. The van der Waals surface area contributed by atoms with Gasteiger partial charge in [-0.05, 0) is 190 Å². The second kappa shape index (κ2) is 21.0. The van der Waals surface area contributed by atoms with Gasteiger partial charge in [0.2, 0.25) is 0 Å². The summed E-state index contributed by atoms with van der Waals surface area (Å²) in [6.07, 6.45) is 7.03. The highest BCUT2D eigenvalue weighted by Gasteiger charge is 2.25. The highest BCUT2D eigenvalue weighted by Crippen LogP contribution is 2.41. The Bertz CT molecular complexity index is 3720. The van der Waals surface area contributed by atoms with Crippen LogP contribution in [0, 0.1) is 47.4 Å². The van der Waals surface area contributed by atoms with Gasteiger partial charge in [-0.2, -0.15) is 0 Å². The van der Waals surface area contributed by atoms with Gasteiger partial charge in [-0.25, -0.2) is 9.97 Å². The van der Waals surface area contributed by atoms with E-state index in [-0.39, 0.29) is 0 Å². The third-order valence-corrected chi connectivity index (χ3v) is 14.3. The third-order valence-electron chi connectivity index (χ3n) is 14.3. The van der Waals surface area contributed by atoms with Crippen LogP contribution >= 0.6 is 0 Å². The minimum absolute atomic E-state index is 0.819. The van der Waals surface area contributed by atoms with Gasteiger partial charge < -0.3 is 14.9 Å². The lowest BCUT2D eigenvalue weighted by atomic mass is 9.92. The van der Waals surface area contributed by atoms with Gasteiger partial charge >= 0.3 is 0 Å². The van der Waals surface area contributed by atoms with Crippen molar-refractivity contribution in [2.24, 2.45) is 0 Å². The number of anilines is 1. The molecule has 71 heavy (non-hydrogen) atoms. The standard InChI is InChI=1S/C66H63N5/c1-11-44-46(13-3)61-40-63-48(15-5)50(17-7)65(69-63)58(66-51(18-8)49(16-6)64(70-66)41-62-47(14-4)45(12-2)60(68-62)39-59(44)67-61)34-26-25-33-57-55-31-23-21-29-53(55)52(54-30-22-24-32-56(54)57)28-20-19-27-42-35-37-43(38-36-42)71(9)10/h21-24,29-32,35-41,67,69H,11-18H2,1-10H3. The van der Waals surface area contributed by atoms with Crippen molar-refractivity contribution in [1.82, 2.24) is 19.9 Å². The molecule has 0 atom stereocenters. The SMILES string of the molecule is CCC1=C(CC)c2cc3[nH]c(cc4[nH]c(c(C#CC#Cc5c6ccccc6c(C#CC#Cc6ccc(N(C)C)cc6)c6ccccc56)c5nc(cc1n2)C(CC)=C5CC)c(CC)c4CC)c(CC)c3CC. The Hall–Kier alpha value is -7.96. The fourth-order valence-corrected chi connectivity index (χ4v) is 10.9. The van der Waals surface area contributed by atoms with E-state index in [2.05, 4.69) is 196 Å². The maximum absolute atomic E-state index is 5.59. The number of aromatic nitrogens is 4. The molecule has 2 aliphatic heterocycles. The predicted octanol–water partition coefficient (Wildman–Crippen LogP) is 15.2. The molecule has 7 aromatic rings. The number of hydrogen-bond donors (Lipinski definition) is 2. The van der Waals surface area contributed by atoms with E-state index in [1.165, 1.54) is 44.5 Å². The summed E-state index contributed by atoms with van der Waals surface area (Å²) in [6, 6.07) is 31.9. The van der Waals surface area contributed by atoms with Crippen LogP contribution in [0.4, 0.5) is 5.69 Å². The number of H-pyrrole nitrogens is 2. The number of fused-ring (bicyclic) bond motifs is 10. The first kappa shape index (κ1) is 48.1. The van der Waals surface area contributed by atoms with Crippen LogP contribution in [0.1, 0.15) is 148 Å². The van der Waals surface area contributed by atoms with Crippen molar-refractivity contribution < 1.29 is 0 Å². The Morgan fingerprint density at radius 3 is 1.32 bits per heavy atom. The Morgan fingerprint density at radius 1 is 0.408 bits per heavy atom. The van der Waals surface area contributed by atoms with E-state index in [1.807, 2.05) is 26.2 Å². The number of nitrogens with zero attached hydrogens (tertiary/aromatic N) is 3. The minimum atomic E-state index is 0.819. The first-order valence-electron chi connectivity index (χ1n) is 25.7. The first-order chi connectivity index (χ1) is 34.7. The zero-order valence-electron chi connectivity index (χ0n) is 43.2. The fourth-order valence-electron chi connectivity index (χ4n) is 10.9. The van der Waals surface area contributed by atoms with E-state index in [9.17, 15) is 0 Å². The molecular weight excluding hydrogens is 863 g/mol. The average molecular weight is 926 g/mol. The van der Waals surface area contributed by atoms with Crippen LogP contribution in [0.5, 0.6) is 0 Å². The molecule has 0 amide bonds. The first-order valence-corrected chi connectivity index (χ1v) is 25.7. The molecule has 5 heterocycles. The molecule has 9 rings (SSSR count). The van der Waals surface area contributed by atoms with Gasteiger partial charge in [0.05, 0.1) is 33.9 Å². The number of benzene rings is 4. The maximum Gasteiger partial charge on any atom is 0.0850 e. The summed E-state index contributed by atoms with van der Waals surface area (Å²) >= 11 is 0. The van der Waals surface area contributed by atoms with E-state index < -0.39 is 0 Å². The molecule has 0 saturated heterocycles. The second-order valence-electron chi connectivity index (χ2n) is 18.3. The molecule has 2 aliphatic rings. The Kier molecular flexibility index (Phi) is 14.2. The van der Waals surface area contributed by atoms with Gasteiger partial charge in [0.1, 0.15) is 0 Å². The lowest BCUT2D eigenvalue weighted by molar-refractivity contribution is 1.07. The van der Waals surface area contributed by atoms with Gasteiger partial charge in [0.15, 0.2) is 0 Å². The largest absolute Gasteiger partial charge is 0.378 e. The van der Waals surface area contributed by atoms with E-state index in [1.54, 1.807) is 0 Å². The summed E-state index contributed by atoms with van der Waals surface area (Å²) in [7, 11) is 4.07. The molecule has 0 aliphatic carbocycles. The lowest BCUT2D eigenvalue weighted by Crippen LogP contribution is -2.07. The van der Waals surface area contributed by atoms with Gasteiger partial charge in [0.25, 0.3) is 0 Å². The van der Waals surface area contributed by atoms with Crippen LogP contribution in [-0.4, -0.2) is 34.0 Å². The summed E-state index contributed by atoms with van der Waals surface area (Å²) in [5.74, 6) is 27.0. The molecule has 3 aromatic heterocycles. The fraction of sp³-hybridized carbons (Fsp3) is 0.273. The third kappa shape index (κ3) is 8.95. The molecule has 0 fully saturated rings. The maximum atomic E-state index is 5.59. The smallest absolute Gasteiger partial charge is 0.0850 e. The second-order valence-corrected chi connectivity index (χ2v) is 18.3. The quantitative estimate of drug-likeness (QED) is 0.112. The molecule has 5 nitrogen and oxygen atoms in total. The molecular formula is C66H63N5. The van der Waals surface area contributed by atoms with Crippen molar-refractivity contribution in [1.29, 1.82) is 0 Å². The van der Waals surface area contributed by atoms with Crippen LogP contribution in [0.2, 0.25) is 0 Å². The minimum Gasteiger partial charge on any atom is -0.378 e. The molecule has 0 saturated carbocycles. The van der Waals surface area contributed by atoms with Crippen LogP contribution < -0.4 is 4.90 Å². The molecule has 2 N–H and O–H groups in total. The Labute approximate surface area is 421 Å². The number of rotatable bonds is 9. The van der Waals surface area contributed by atoms with Crippen LogP contribution in [0.3, 0.4) is 0 Å². The lowest BCUT2D eigenvalue weighted by Gasteiger charge is -2.11. The predicted molar refractivity (Wildman–Crippen MR) is 303 cm³/mol. The number of aromatic amines is 2. The molecule has 8 bridgehead atoms. The zero-order chi connectivity index (χ0) is 49.8. The molecule has 0 spiro atoms. The van der Waals surface area contributed by atoms with E-state index in [0.29, 0.717) is 0 Å². The monoisotopic (exact) mass is 926 g/mol. The number of nitrogens with one attached hydrogen (secondary N) is 2. The highest BCUT2D eigenvalue weighted by atomic mass is 15.1. The molecule has 4 aromatic carbocycles. The number of hydrogen-bond acceptors (Lipinski definition) is 3. The van der Waals surface area contributed by atoms with E-state index in [0.717, 1.165) is 146 Å². The Morgan fingerprint density at radius 2 is 0.831 bits per heavy atom. The van der Waals surface area contributed by atoms with Crippen LogP contribution in [-0.2, 0) is 25.7 Å². The van der Waals surface area contributed by atoms with Crippen LogP contribution in [0.15, 0.2) is 91.0 Å².